The van der Waals surface area contributed by atoms with Crippen molar-refractivity contribution in [2.75, 3.05) is 13.2 Å². The second kappa shape index (κ2) is 6.19. The van der Waals surface area contributed by atoms with Gasteiger partial charge in [-0.2, -0.15) is 0 Å². The zero-order chi connectivity index (χ0) is 12.1. The average Bonchev–Trinajstić information content (AvgIpc) is 2.86. The molecule has 2 aliphatic rings. The van der Waals surface area contributed by atoms with Crippen LogP contribution in [0.2, 0.25) is 0 Å². The lowest BCUT2D eigenvalue weighted by Gasteiger charge is -2.33. The second-order valence-electron chi connectivity index (χ2n) is 6.38. The smallest absolute Gasteiger partial charge is 0.0499 e. The molecule has 2 aliphatic carbocycles. The Hall–Kier alpha value is -0.0800. The lowest BCUT2D eigenvalue weighted by molar-refractivity contribution is 0.119. The molecule has 2 heteroatoms. The third-order valence-electron chi connectivity index (χ3n) is 5.13. The summed E-state index contributed by atoms with van der Waals surface area (Å²) in [6.45, 7) is 3.74. The Bertz CT molecular complexity index is 223. The second-order valence-corrected chi connectivity index (χ2v) is 6.38. The van der Waals surface area contributed by atoms with Gasteiger partial charge in [-0.1, -0.05) is 39.0 Å². The van der Waals surface area contributed by atoms with Crippen LogP contribution in [0, 0.1) is 11.3 Å². The van der Waals surface area contributed by atoms with Gasteiger partial charge >= 0.3 is 0 Å². The Morgan fingerprint density at radius 1 is 1.18 bits per heavy atom. The van der Waals surface area contributed by atoms with Crippen molar-refractivity contribution in [1.82, 2.24) is 5.32 Å². The summed E-state index contributed by atoms with van der Waals surface area (Å²) in [6.07, 6.45) is 11.9. The molecule has 0 saturated heterocycles. The highest BCUT2D eigenvalue weighted by atomic mass is 16.3. The predicted octanol–water partition coefficient (Wildman–Crippen LogP) is 3.10. The quantitative estimate of drug-likeness (QED) is 0.772. The van der Waals surface area contributed by atoms with Crippen molar-refractivity contribution in [2.24, 2.45) is 11.3 Å². The molecule has 0 aromatic rings. The Balaban J connectivity index is 1.76. The number of rotatable bonds is 5. The predicted molar refractivity (Wildman–Crippen MR) is 72.0 cm³/mol. The van der Waals surface area contributed by atoms with Crippen LogP contribution in [0.1, 0.15) is 64.7 Å². The first kappa shape index (κ1) is 13.4. The lowest BCUT2D eigenvalue weighted by Crippen LogP contribution is -2.42. The number of hydrogen-bond donors (Lipinski definition) is 2. The summed E-state index contributed by atoms with van der Waals surface area (Å²) in [7, 11) is 0. The normalized spacial score (nSPS) is 32.8. The van der Waals surface area contributed by atoms with Crippen molar-refractivity contribution < 1.29 is 5.11 Å². The maximum absolute atomic E-state index is 9.60. The number of aliphatic hydroxyl groups excluding tert-OH is 1. The lowest BCUT2D eigenvalue weighted by atomic mass is 9.82. The molecule has 0 heterocycles. The highest BCUT2D eigenvalue weighted by Gasteiger charge is 2.33. The van der Waals surface area contributed by atoms with Crippen molar-refractivity contribution in [2.45, 2.75) is 70.8 Å². The van der Waals surface area contributed by atoms with Gasteiger partial charge in [0, 0.05) is 24.6 Å². The van der Waals surface area contributed by atoms with E-state index in [2.05, 4.69) is 12.2 Å². The van der Waals surface area contributed by atoms with Crippen LogP contribution >= 0.6 is 0 Å². The molecule has 0 aromatic heterocycles. The first-order chi connectivity index (χ1) is 8.28. The summed E-state index contributed by atoms with van der Waals surface area (Å²) < 4.78 is 0. The Morgan fingerprint density at radius 2 is 1.94 bits per heavy atom. The fourth-order valence-corrected chi connectivity index (χ4v) is 3.72. The Kier molecular flexibility index (Phi) is 4.87. The van der Waals surface area contributed by atoms with E-state index in [0.717, 1.165) is 18.5 Å². The fourth-order valence-electron chi connectivity index (χ4n) is 3.72. The van der Waals surface area contributed by atoms with Crippen LogP contribution in [-0.4, -0.2) is 24.3 Å². The largest absolute Gasteiger partial charge is 0.396 e. The molecule has 100 valence electrons. The minimum atomic E-state index is 0.221. The van der Waals surface area contributed by atoms with Crippen LogP contribution in [0.3, 0.4) is 0 Å². The van der Waals surface area contributed by atoms with Gasteiger partial charge in [0.2, 0.25) is 0 Å². The van der Waals surface area contributed by atoms with Gasteiger partial charge in [-0.3, -0.25) is 0 Å². The molecule has 2 atom stereocenters. The average molecular weight is 239 g/mol. The SMILES string of the molecule is CCC1CCCC(NCC2(CO)CCCC2)C1. The molecule has 0 radical (unpaired) electrons. The molecule has 2 rings (SSSR count). The Labute approximate surface area is 106 Å². The van der Waals surface area contributed by atoms with Gasteiger partial charge < -0.3 is 10.4 Å². The summed E-state index contributed by atoms with van der Waals surface area (Å²) in [6, 6.07) is 0.720. The van der Waals surface area contributed by atoms with E-state index in [1.54, 1.807) is 0 Å². The van der Waals surface area contributed by atoms with Crippen molar-refractivity contribution >= 4 is 0 Å². The summed E-state index contributed by atoms with van der Waals surface area (Å²) in [4.78, 5) is 0. The summed E-state index contributed by atoms with van der Waals surface area (Å²) in [5.74, 6) is 0.940. The molecule has 0 aromatic carbocycles. The van der Waals surface area contributed by atoms with Crippen LogP contribution in [0.4, 0.5) is 0 Å². The molecule has 0 spiro atoms. The molecule has 0 bridgehead atoms. The molecule has 0 amide bonds. The zero-order valence-electron chi connectivity index (χ0n) is 11.4. The summed E-state index contributed by atoms with van der Waals surface area (Å²) >= 11 is 0. The summed E-state index contributed by atoms with van der Waals surface area (Å²) in [5.41, 5.74) is 0.221. The molecule has 0 aliphatic heterocycles. The van der Waals surface area contributed by atoms with Gasteiger partial charge in [0.25, 0.3) is 0 Å². The minimum absolute atomic E-state index is 0.221. The third kappa shape index (κ3) is 3.45. The first-order valence-corrected chi connectivity index (χ1v) is 7.62. The van der Waals surface area contributed by atoms with E-state index in [1.807, 2.05) is 0 Å². The van der Waals surface area contributed by atoms with Crippen LogP contribution < -0.4 is 5.32 Å². The van der Waals surface area contributed by atoms with E-state index >= 15 is 0 Å². The minimum Gasteiger partial charge on any atom is -0.396 e. The third-order valence-corrected chi connectivity index (χ3v) is 5.13. The molecule has 2 fully saturated rings. The molecule has 17 heavy (non-hydrogen) atoms. The van der Waals surface area contributed by atoms with Gasteiger partial charge in [0.1, 0.15) is 0 Å². The standard InChI is InChI=1S/C15H29NO/c1-2-13-6-5-7-14(10-13)16-11-15(12-17)8-3-4-9-15/h13-14,16-17H,2-12H2,1H3. The molecule has 2 N–H and O–H groups in total. The van der Waals surface area contributed by atoms with E-state index in [-0.39, 0.29) is 5.41 Å². The Morgan fingerprint density at radius 3 is 2.59 bits per heavy atom. The maximum Gasteiger partial charge on any atom is 0.0499 e. The van der Waals surface area contributed by atoms with Crippen molar-refractivity contribution in [1.29, 1.82) is 0 Å². The van der Waals surface area contributed by atoms with Gasteiger partial charge in [-0.15, -0.1) is 0 Å². The van der Waals surface area contributed by atoms with Crippen molar-refractivity contribution in [3.63, 3.8) is 0 Å². The van der Waals surface area contributed by atoms with E-state index in [4.69, 9.17) is 0 Å². The molecule has 2 nitrogen and oxygen atoms in total. The number of nitrogens with one attached hydrogen (secondary N) is 1. The van der Waals surface area contributed by atoms with Gasteiger partial charge in [0.05, 0.1) is 0 Å². The van der Waals surface area contributed by atoms with Gasteiger partial charge in [0.15, 0.2) is 0 Å². The van der Waals surface area contributed by atoms with Crippen LogP contribution in [-0.2, 0) is 0 Å². The van der Waals surface area contributed by atoms with Gasteiger partial charge in [-0.05, 0) is 31.6 Å². The highest BCUT2D eigenvalue weighted by molar-refractivity contribution is 4.88. The molecular weight excluding hydrogens is 210 g/mol. The molecule has 2 unspecified atom stereocenters. The number of hydrogen-bond acceptors (Lipinski definition) is 2. The fraction of sp³-hybridized carbons (Fsp3) is 1.00. The van der Waals surface area contributed by atoms with Gasteiger partial charge in [-0.25, -0.2) is 0 Å². The van der Waals surface area contributed by atoms with Crippen molar-refractivity contribution in [3.05, 3.63) is 0 Å². The first-order valence-electron chi connectivity index (χ1n) is 7.62. The van der Waals surface area contributed by atoms with E-state index in [0.29, 0.717) is 6.61 Å². The molecular formula is C15H29NO. The van der Waals surface area contributed by atoms with E-state index in [9.17, 15) is 5.11 Å². The van der Waals surface area contributed by atoms with Crippen LogP contribution in [0.5, 0.6) is 0 Å². The highest BCUT2D eigenvalue weighted by Crippen LogP contribution is 2.37. The monoisotopic (exact) mass is 239 g/mol. The number of aliphatic hydroxyl groups is 1. The summed E-state index contributed by atoms with van der Waals surface area (Å²) in [5, 5.41) is 13.4. The topological polar surface area (TPSA) is 32.3 Å². The maximum atomic E-state index is 9.60. The molecule has 2 saturated carbocycles. The van der Waals surface area contributed by atoms with E-state index in [1.165, 1.54) is 57.8 Å². The van der Waals surface area contributed by atoms with E-state index < -0.39 is 0 Å². The van der Waals surface area contributed by atoms with Crippen molar-refractivity contribution in [3.8, 4) is 0 Å². The van der Waals surface area contributed by atoms with Crippen LogP contribution in [0.25, 0.3) is 0 Å². The van der Waals surface area contributed by atoms with Crippen LogP contribution in [0.15, 0.2) is 0 Å². The zero-order valence-corrected chi connectivity index (χ0v) is 11.4.